The van der Waals surface area contributed by atoms with Crippen LogP contribution in [0.2, 0.25) is 0 Å². The Kier molecular flexibility index (Phi) is 6.02. The van der Waals surface area contributed by atoms with Crippen molar-refractivity contribution in [2.45, 2.75) is 52.0 Å². The number of carbonyl (C=O) groups is 2. The molecule has 0 spiro atoms. The van der Waals surface area contributed by atoms with Gasteiger partial charge in [0.1, 0.15) is 5.75 Å². The standard InChI is InChI=1S/C18H25NO4/c1-18(10-2-3-11-18)17(22)19-13-14-6-8-15(9-7-14)23-12-4-5-16(20)21/h6-9H,2-5,10-13H2,1H3,(H,19,22)(H,20,21). The Hall–Kier alpha value is -2.04. The van der Waals surface area contributed by atoms with Crippen molar-refractivity contribution in [3.8, 4) is 5.75 Å². The number of carboxylic acid groups (broad SMARTS) is 1. The van der Waals surface area contributed by atoms with Crippen molar-refractivity contribution >= 4 is 11.9 Å². The molecule has 1 amide bonds. The van der Waals surface area contributed by atoms with Crippen molar-refractivity contribution in [2.75, 3.05) is 6.61 Å². The zero-order valence-electron chi connectivity index (χ0n) is 13.6. The Morgan fingerprint density at radius 2 is 1.87 bits per heavy atom. The Morgan fingerprint density at radius 1 is 1.22 bits per heavy atom. The van der Waals surface area contributed by atoms with Crippen LogP contribution in [-0.4, -0.2) is 23.6 Å². The monoisotopic (exact) mass is 319 g/mol. The van der Waals surface area contributed by atoms with Gasteiger partial charge in [-0.3, -0.25) is 9.59 Å². The van der Waals surface area contributed by atoms with Gasteiger partial charge in [0.05, 0.1) is 6.61 Å². The number of rotatable bonds is 8. The molecule has 1 aliphatic rings. The summed E-state index contributed by atoms with van der Waals surface area (Å²) in [7, 11) is 0. The van der Waals surface area contributed by atoms with E-state index in [1.807, 2.05) is 31.2 Å². The van der Waals surface area contributed by atoms with Crippen molar-refractivity contribution < 1.29 is 19.4 Å². The molecule has 1 saturated carbocycles. The fourth-order valence-electron chi connectivity index (χ4n) is 2.90. The highest BCUT2D eigenvalue weighted by Crippen LogP contribution is 2.37. The minimum Gasteiger partial charge on any atom is -0.494 e. The van der Waals surface area contributed by atoms with Crippen molar-refractivity contribution in [3.63, 3.8) is 0 Å². The summed E-state index contributed by atoms with van der Waals surface area (Å²) in [5.41, 5.74) is 0.825. The predicted molar refractivity (Wildman–Crippen MR) is 87.2 cm³/mol. The molecular formula is C18H25NO4. The fraction of sp³-hybridized carbons (Fsp3) is 0.556. The summed E-state index contributed by atoms with van der Waals surface area (Å²) < 4.78 is 5.48. The van der Waals surface area contributed by atoms with E-state index in [4.69, 9.17) is 9.84 Å². The molecule has 0 atom stereocenters. The number of nitrogens with one attached hydrogen (secondary N) is 1. The molecule has 23 heavy (non-hydrogen) atoms. The van der Waals surface area contributed by atoms with Crippen LogP contribution >= 0.6 is 0 Å². The van der Waals surface area contributed by atoms with Gasteiger partial charge in [-0.25, -0.2) is 0 Å². The van der Waals surface area contributed by atoms with E-state index in [2.05, 4.69) is 5.32 Å². The molecule has 0 saturated heterocycles. The minimum atomic E-state index is -0.810. The smallest absolute Gasteiger partial charge is 0.303 e. The molecule has 126 valence electrons. The lowest BCUT2D eigenvalue weighted by molar-refractivity contribution is -0.137. The molecule has 2 N–H and O–H groups in total. The van der Waals surface area contributed by atoms with Crippen molar-refractivity contribution in [3.05, 3.63) is 29.8 Å². The molecule has 0 bridgehead atoms. The quantitative estimate of drug-likeness (QED) is 0.722. The molecule has 1 fully saturated rings. The largest absolute Gasteiger partial charge is 0.494 e. The number of hydrogen-bond donors (Lipinski definition) is 2. The number of carboxylic acids is 1. The first-order valence-electron chi connectivity index (χ1n) is 8.21. The van der Waals surface area contributed by atoms with Crippen molar-refractivity contribution in [1.29, 1.82) is 0 Å². The third-order valence-electron chi connectivity index (χ3n) is 4.44. The van der Waals surface area contributed by atoms with Crippen LogP contribution in [0, 0.1) is 5.41 Å². The summed E-state index contributed by atoms with van der Waals surface area (Å²) in [6.07, 6.45) is 4.83. The first-order chi connectivity index (χ1) is 11.0. The Morgan fingerprint density at radius 3 is 2.48 bits per heavy atom. The number of amides is 1. The van der Waals surface area contributed by atoms with Gasteiger partial charge in [0.25, 0.3) is 0 Å². The Labute approximate surface area is 137 Å². The molecule has 0 radical (unpaired) electrons. The SMILES string of the molecule is CC1(C(=O)NCc2ccc(OCCCC(=O)O)cc2)CCCC1. The second-order valence-electron chi connectivity index (χ2n) is 6.44. The highest BCUT2D eigenvalue weighted by Gasteiger charge is 2.35. The van der Waals surface area contributed by atoms with Crippen LogP contribution in [0.3, 0.4) is 0 Å². The molecule has 0 unspecified atom stereocenters. The lowest BCUT2D eigenvalue weighted by Crippen LogP contribution is -2.36. The average Bonchev–Trinajstić information content (AvgIpc) is 2.98. The molecule has 5 nitrogen and oxygen atoms in total. The fourth-order valence-corrected chi connectivity index (χ4v) is 2.90. The normalized spacial score (nSPS) is 16.0. The van der Waals surface area contributed by atoms with E-state index in [1.54, 1.807) is 0 Å². The summed E-state index contributed by atoms with van der Waals surface area (Å²) in [6.45, 7) is 2.96. The number of carbonyl (C=O) groups excluding carboxylic acids is 1. The van der Waals surface area contributed by atoms with Gasteiger partial charge < -0.3 is 15.2 Å². The van der Waals surface area contributed by atoms with Gasteiger partial charge in [-0.15, -0.1) is 0 Å². The van der Waals surface area contributed by atoms with Crippen molar-refractivity contribution in [1.82, 2.24) is 5.32 Å². The minimum absolute atomic E-state index is 0.114. The van der Waals surface area contributed by atoms with Crippen molar-refractivity contribution in [2.24, 2.45) is 5.41 Å². The molecule has 1 aliphatic carbocycles. The average molecular weight is 319 g/mol. The topological polar surface area (TPSA) is 75.6 Å². The van der Waals surface area contributed by atoms with Gasteiger partial charge in [-0.1, -0.05) is 31.9 Å². The van der Waals surface area contributed by atoms with Crippen LogP contribution < -0.4 is 10.1 Å². The molecule has 5 heteroatoms. The maximum atomic E-state index is 12.3. The molecule has 0 aromatic heterocycles. The summed E-state index contributed by atoms with van der Waals surface area (Å²) >= 11 is 0. The van der Waals surface area contributed by atoms with E-state index in [-0.39, 0.29) is 17.7 Å². The van der Waals surface area contributed by atoms with E-state index in [0.29, 0.717) is 25.3 Å². The number of aliphatic carboxylic acids is 1. The highest BCUT2D eigenvalue weighted by molar-refractivity contribution is 5.82. The Bertz CT molecular complexity index is 532. The lowest BCUT2D eigenvalue weighted by atomic mass is 9.88. The molecular weight excluding hydrogens is 294 g/mol. The second-order valence-corrected chi connectivity index (χ2v) is 6.44. The Balaban J connectivity index is 1.74. The van der Waals surface area contributed by atoms with Crippen LogP contribution in [0.5, 0.6) is 5.75 Å². The van der Waals surface area contributed by atoms with Gasteiger partial charge in [-0.05, 0) is 37.0 Å². The van der Waals surface area contributed by atoms with E-state index in [1.165, 1.54) is 0 Å². The van der Waals surface area contributed by atoms with Crippen LogP contribution in [0.4, 0.5) is 0 Å². The summed E-state index contributed by atoms with van der Waals surface area (Å²) in [5, 5.41) is 11.6. The first kappa shape index (κ1) is 17.3. The molecule has 1 aromatic rings. The van der Waals surface area contributed by atoms with Crippen LogP contribution in [0.25, 0.3) is 0 Å². The number of ether oxygens (including phenoxy) is 1. The summed E-state index contributed by atoms with van der Waals surface area (Å²) in [4.78, 5) is 22.7. The molecule has 0 aliphatic heterocycles. The zero-order valence-corrected chi connectivity index (χ0v) is 13.6. The number of hydrogen-bond acceptors (Lipinski definition) is 3. The third-order valence-corrected chi connectivity index (χ3v) is 4.44. The van der Waals surface area contributed by atoms with E-state index in [9.17, 15) is 9.59 Å². The van der Waals surface area contributed by atoms with Gasteiger partial charge in [0.15, 0.2) is 0 Å². The highest BCUT2D eigenvalue weighted by atomic mass is 16.5. The van der Waals surface area contributed by atoms with E-state index >= 15 is 0 Å². The van der Waals surface area contributed by atoms with E-state index < -0.39 is 5.97 Å². The molecule has 2 rings (SSSR count). The first-order valence-corrected chi connectivity index (χ1v) is 8.21. The second kappa shape index (κ2) is 7.99. The van der Waals surface area contributed by atoms with E-state index in [0.717, 1.165) is 31.2 Å². The van der Waals surface area contributed by atoms with Crippen LogP contribution in [0.1, 0.15) is 51.0 Å². The number of benzene rings is 1. The lowest BCUT2D eigenvalue weighted by Gasteiger charge is -2.22. The maximum Gasteiger partial charge on any atom is 0.303 e. The predicted octanol–water partition coefficient (Wildman–Crippen LogP) is 3.13. The summed E-state index contributed by atoms with van der Waals surface area (Å²) in [6, 6.07) is 7.53. The third kappa shape index (κ3) is 5.27. The maximum absolute atomic E-state index is 12.3. The van der Waals surface area contributed by atoms with Gasteiger partial charge in [0.2, 0.25) is 5.91 Å². The molecule has 1 aromatic carbocycles. The zero-order chi connectivity index (χ0) is 16.7. The van der Waals surface area contributed by atoms with Crippen LogP contribution in [0.15, 0.2) is 24.3 Å². The van der Waals surface area contributed by atoms with Gasteiger partial charge >= 0.3 is 5.97 Å². The summed E-state index contributed by atoms with van der Waals surface area (Å²) in [5.74, 6) is 0.0489. The molecule has 0 heterocycles. The van der Waals surface area contributed by atoms with Gasteiger partial charge in [0, 0.05) is 18.4 Å². The van der Waals surface area contributed by atoms with Crippen LogP contribution in [-0.2, 0) is 16.1 Å². The van der Waals surface area contributed by atoms with Gasteiger partial charge in [-0.2, -0.15) is 0 Å².